The number of nitrogens with one attached hydrogen (secondary N) is 1. The maximum atomic E-state index is 12.7. The molecule has 21 heavy (non-hydrogen) atoms. The van der Waals surface area contributed by atoms with Crippen molar-refractivity contribution in [2.24, 2.45) is 5.92 Å². The number of carbonyl (C=O) groups is 1. The smallest absolute Gasteiger partial charge is 0.274 e. The van der Waals surface area contributed by atoms with Crippen molar-refractivity contribution in [1.82, 2.24) is 20.0 Å². The van der Waals surface area contributed by atoms with Gasteiger partial charge in [0.05, 0.1) is 6.04 Å². The van der Waals surface area contributed by atoms with Gasteiger partial charge in [-0.2, -0.15) is 5.10 Å². The largest absolute Gasteiger partial charge is 0.334 e. The Bertz CT molecular complexity index is 492. The third-order valence-corrected chi connectivity index (χ3v) is 4.85. The van der Waals surface area contributed by atoms with Crippen LogP contribution in [0.2, 0.25) is 0 Å². The third kappa shape index (κ3) is 3.12. The standard InChI is InChI=1S/C16H26N4O/c1-12-5-6-13(2)19(11-12)16(21)15-7-9-20(18-15)14-4-3-8-17-10-14/h7,9,12-14,17H,3-6,8,10-11H2,1-2H3. The second-order valence-electron chi connectivity index (χ2n) is 6.67. The van der Waals surface area contributed by atoms with Crippen LogP contribution < -0.4 is 5.32 Å². The molecule has 5 nitrogen and oxygen atoms in total. The van der Waals surface area contributed by atoms with Crippen molar-refractivity contribution in [2.45, 2.75) is 51.6 Å². The first kappa shape index (κ1) is 14.6. The van der Waals surface area contributed by atoms with Gasteiger partial charge in [0.25, 0.3) is 5.91 Å². The summed E-state index contributed by atoms with van der Waals surface area (Å²) >= 11 is 0. The van der Waals surface area contributed by atoms with Crippen LogP contribution in [0.25, 0.3) is 0 Å². The van der Waals surface area contributed by atoms with Gasteiger partial charge in [0, 0.05) is 25.3 Å². The molecule has 0 aliphatic carbocycles. The molecule has 2 saturated heterocycles. The lowest BCUT2D eigenvalue weighted by atomic mass is 9.95. The zero-order valence-electron chi connectivity index (χ0n) is 13.1. The second kappa shape index (κ2) is 6.18. The summed E-state index contributed by atoms with van der Waals surface area (Å²) in [5.41, 5.74) is 0.599. The fourth-order valence-corrected chi connectivity index (χ4v) is 3.43. The normalized spacial score (nSPS) is 30.4. The number of piperidine rings is 2. The Balaban J connectivity index is 1.71. The van der Waals surface area contributed by atoms with Gasteiger partial charge < -0.3 is 10.2 Å². The number of carbonyl (C=O) groups excluding carboxylic acids is 1. The zero-order chi connectivity index (χ0) is 14.8. The number of likely N-dealkylation sites (tertiary alicyclic amines) is 1. The molecule has 0 bridgehead atoms. The van der Waals surface area contributed by atoms with E-state index in [-0.39, 0.29) is 5.91 Å². The predicted molar refractivity (Wildman–Crippen MR) is 82.3 cm³/mol. The minimum atomic E-state index is 0.0940. The number of hydrogen-bond donors (Lipinski definition) is 1. The van der Waals surface area contributed by atoms with Crippen molar-refractivity contribution < 1.29 is 4.79 Å². The lowest BCUT2D eigenvalue weighted by Gasteiger charge is -2.36. The molecule has 0 saturated carbocycles. The predicted octanol–water partition coefficient (Wildman–Crippen LogP) is 2.07. The first-order valence-corrected chi connectivity index (χ1v) is 8.22. The second-order valence-corrected chi connectivity index (χ2v) is 6.67. The molecule has 0 radical (unpaired) electrons. The van der Waals surface area contributed by atoms with E-state index >= 15 is 0 Å². The maximum Gasteiger partial charge on any atom is 0.274 e. The van der Waals surface area contributed by atoms with E-state index in [4.69, 9.17) is 0 Å². The van der Waals surface area contributed by atoms with Crippen molar-refractivity contribution in [3.8, 4) is 0 Å². The van der Waals surface area contributed by atoms with Crippen molar-refractivity contribution in [2.75, 3.05) is 19.6 Å². The van der Waals surface area contributed by atoms with Gasteiger partial charge in [-0.15, -0.1) is 0 Å². The quantitative estimate of drug-likeness (QED) is 0.907. The highest BCUT2D eigenvalue weighted by atomic mass is 16.2. The molecule has 2 aliphatic rings. The Morgan fingerprint density at radius 3 is 2.95 bits per heavy atom. The van der Waals surface area contributed by atoms with E-state index < -0.39 is 0 Å². The van der Waals surface area contributed by atoms with Gasteiger partial charge in [-0.1, -0.05) is 6.92 Å². The molecular formula is C16H26N4O. The molecule has 1 amide bonds. The molecule has 116 valence electrons. The van der Waals surface area contributed by atoms with E-state index in [0.717, 1.165) is 32.5 Å². The SMILES string of the molecule is CC1CCC(C)N(C(=O)c2ccn(C3CCCNC3)n2)C1. The van der Waals surface area contributed by atoms with E-state index in [9.17, 15) is 4.79 Å². The highest BCUT2D eigenvalue weighted by Gasteiger charge is 2.29. The van der Waals surface area contributed by atoms with Crippen molar-refractivity contribution in [1.29, 1.82) is 0 Å². The molecule has 5 heteroatoms. The van der Waals surface area contributed by atoms with Crippen molar-refractivity contribution in [3.63, 3.8) is 0 Å². The van der Waals surface area contributed by atoms with Crippen LogP contribution in [-0.2, 0) is 0 Å². The third-order valence-electron chi connectivity index (χ3n) is 4.85. The molecule has 3 atom stereocenters. The first-order valence-electron chi connectivity index (χ1n) is 8.22. The van der Waals surface area contributed by atoms with E-state index in [0.29, 0.717) is 23.7 Å². The summed E-state index contributed by atoms with van der Waals surface area (Å²) in [6, 6.07) is 2.59. The van der Waals surface area contributed by atoms with Gasteiger partial charge in [0.1, 0.15) is 5.69 Å². The number of nitrogens with zero attached hydrogens (tertiary/aromatic N) is 3. The van der Waals surface area contributed by atoms with Crippen LogP contribution in [0.4, 0.5) is 0 Å². The Morgan fingerprint density at radius 1 is 1.33 bits per heavy atom. The van der Waals surface area contributed by atoms with E-state index in [1.807, 2.05) is 21.8 Å². The molecule has 1 aromatic heterocycles. The highest BCUT2D eigenvalue weighted by Crippen LogP contribution is 2.23. The molecule has 0 aromatic carbocycles. The summed E-state index contributed by atoms with van der Waals surface area (Å²) in [7, 11) is 0. The Labute approximate surface area is 126 Å². The minimum Gasteiger partial charge on any atom is -0.334 e. The number of aromatic nitrogens is 2. The molecule has 3 rings (SSSR count). The van der Waals surface area contributed by atoms with E-state index in [2.05, 4.69) is 24.3 Å². The summed E-state index contributed by atoms with van der Waals surface area (Å²) in [6.07, 6.45) is 6.59. The fraction of sp³-hybridized carbons (Fsp3) is 0.750. The van der Waals surface area contributed by atoms with Crippen molar-refractivity contribution >= 4 is 5.91 Å². The summed E-state index contributed by atoms with van der Waals surface area (Å²) in [5.74, 6) is 0.686. The number of rotatable bonds is 2. The minimum absolute atomic E-state index is 0.0940. The topological polar surface area (TPSA) is 50.2 Å². The molecular weight excluding hydrogens is 264 g/mol. The molecule has 2 fully saturated rings. The molecule has 3 heterocycles. The average Bonchev–Trinajstić information content (AvgIpc) is 3.00. The van der Waals surface area contributed by atoms with Crippen LogP contribution in [0.3, 0.4) is 0 Å². The van der Waals surface area contributed by atoms with Crippen LogP contribution in [0.15, 0.2) is 12.3 Å². The number of amides is 1. The molecule has 1 N–H and O–H groups in total. The summed E-state index contributed by atoms with van der Waals surface area (Å²) in [6.45, 7) is 7.27. The maximum absolute atomic E-state index is 12.7. The summed E-state index contributed by atoms with van der Waals surface area (Å²) in [4.78, 5) is 14.7. The van der Waals surface area contributed by atoms with Crippen LogP contribution in [0.5, 0.6) is 0 Å². The van der Waals surface area contributed by atoms with Crippen molar-refractivity contribution in [3.05, 3.63) is 18.0 Å². The van der Waals surface area contributed by atoms with Gasteiger partial charge in [-0.05, 0) is 51.1 Å². The average molecular weight is 290 g/mol. The summed E-state index contributed by atoms with van der Waals surface area (Å²) < 4.78 is 1.97. The zero-order valence-corrected chi connectivity index (χ0v) is 13.1. The molecule has 0 spiro atoms. The van der Waals surface area contributed by atoms with Crippen LogP contribution in [0, 0.1) is 5.92 Å². The molecule has 2 aliphatic heterocycles. The molecule has 1 aromatic rings. The van der Waals surface area contributed by atoms with Gasteiger partial charge >= 0.3 is 0 Å². The van der Waals surface area contributed by atoms with Crippen LogP contribution in [0.1, 0.15) is 56.1 Å². The number of hydrogen-bond acceptors (Lipinski definition) is 3. The summed E-state index contributed by atoms with van der Waals surface area (Å²) in [5, 5.41) is 7.95. The Kier molecular flexibility index (Phi) is 4.29. The highest BCUT2D eigenvalue weighted by molar-refractivity contribution is 5.92. The monoisotopic (exact) mass is 290 g/mol. The fourth-order valence-electron chi connectivity index (χ4n) is 3.43. The lowest BCUT2D eigenvalue weighted by molar-refractivity contribution is 0.0566. The van der Waals surface area contributed by atoms with Crippen LogP contribution >= 0.6 is 0 Å². The van der Waals surface area contributed by atoms with Crippen LogP contribution in [-0.4, -0.2) is 46.3 Å². The lowest BCUT2D eigenvalue weighted by Crippen LogP contribution is -2.45. The van der Waals surface area contributed by atoms with E-state index in [1.54, 1.807) is 0 Å². The Morgan fingerprint density at radius 2 is 2.19 bits per heavy atom. The first-order chi connectivity index (χ1) is 10.1. The molecule has 3 unspecified atom stereocenters. The Hall–Kier alpha value is -1.36. The van der Waals surface area contributed by atoms with Gasteiger partial charge in [0.15, 0.2) is 0 Å². The van der Waals surface area contributed by atoms with Gasteiger partial charge in [-0.25, -0.2) is 0 Å². The van der Waals surface area contributed by atoms with E-state index in [1.165, 1.54) is 12.8 Å². The van der Waals surface area contributed by atoms with Gasteiger partial charge in [-0.3, -0.25) is 9.48 Å². The van der Waals surface area contributed by atoms with Gasteiger partial charge in [0.2, 0.25) is 0 Å².